The second-order valence-electron chi connectivity index (χ2n) is 10.4. The van der Waals surface area contributed by atoms with E-state index in [9.17, 15) is 18.4 Å². The monoisotopic (exact) mass is 541 g/mol. The number of hydrogen-bond acceptors (Lipinski definition) is 6. The first-order valence-electron chi connectivity index (χ1n) is 13.1. The number of nitrogens with one attached hydrogen (secondary N) is 1. The zero-order valence-electron chi connectivity index (χ0n) is 22.9. The summed E-state index contributed by atoms with van der Waals surface area (Å²) in [6, 6.07) is 1.98. The Labute approximate surface area is 227 Å². The van der Waals surface area contributed by atoms with Gasteiger partial charge in [-0.1, -0.05) is 31.9 Å². The highest BCUT2D eigenvalue weighted by molar-refractivity contribution is 6.13. The van der Waals surface area contributed by atoms with Gasteiger partial charge in [-0.05, 0) is 75.0 Å². The van der Waals surface area contributed by atoms with Crippen LogP contribution in [0.1, 0.15) is 71.4 Å². The summed E-state index contributed by atoms with van der Waals surface area (Å²) in [5.74, 6) is -9.51. The van der Waals surface area contributed by atoms with E-state index in [2.05, 4.69) is 21.9 Å². The first kappa shape index (κ1) is 29.9. The molecular weight excluding hydrogens is 504 g/mol. The molecule has 0 saturated heterocycles. The number of hydrogen-bond donors (Lipinski definition) is 3. The highest BCUT2D eigenvalue weighted by Gasteiger charge is 2.76. The number of aliphatic carboxylic acids is 1. The molecule has 1 aromatic heterocycles. The van der Waals surface area contributed by atoms with Crippen molar-refractivity contribution in [2.75, 3.05) is 11.9 Å². The van der Waals surface area contributed by atoms with Gasteiger partial charge in [-0.15, -0.1) is 0 Å². The highest BCUT2D eigenvalue weighted by atomic mass is 19.3. The molecular formula is C29H37F2N5O3. The molecule has 0 aliphatic heterocycles. The topological polar surface area (TPSA) is 131 Å². The number of nitrogens with two attached hydrogens (primary N) is 1. The molecule has 10 heteroatoms. The fourth-order valence-corrected chi connectivity index (χ4v) is 4.79. The van der Waals surface area contributed by atoms with E-state index >= 15 is 0 Å². The van der Waals surface area contributed by atoms with Gasteiger partial charge in [-0.3, -0.25) is 9.59 Å². The van der Waals surface area contributed by atoms with Crippen molar-refractivity contribution in [2.45, 2.75) is 71.6 Å². The number of carboxylic acids is 1. The van der Waals surface area contributed by atoms with Gasteiger partial charge in [0, 0.05) is 30.1 Å². The van der Waals surface area contributed by atoms with Crippen molar-refractivity contribution in [3.05, 3.63) is 64.7 Å². The maximum Gasteiger partial charge on any atom is 0.313 e. The standard InChI is InChI=1S/C29H37F2N5O3/c1-16(2)22(35-26(37)24-25(27(38)39)29(24,30)31)12-11-17(3)18(4)21(19(5)32)15-34-28-33-14-13-23(36-28)20-9-7-6-8-10-20/h11-14,20,24-25H,1,6-10,15,32H2,2-5H3,(H,38,39)(H,33,34,36)/b12-11-,18-17-,21-19-,35-22?. The van der Waals surface area contributed by atoms with E-state index < -0.39 is 29.6 Å². The van der Waals surface area contributed by atoms with Gasteiger partial charge in [0.2, 0.25) is 5.95 Å². The maximum atomic E-state index is 13.8. The normalized spacial score (nSPS) is 22.7. The lowest BCUT2D eigenvalue weighted by Gasteiger charge is -2.21. The molecule has 0 bridgehead atoms. The Morgan fingerprint density at radius 3 is 2.41 bits per heavy atom. The first-order valence-corrected chi connectivity index (χ1v) is 13.1. The number of halogens is 2. The van der Waals surface area contributed by atoms with E-state index in [4.69, 9.17) is 15.8 Å². The van der Waals surface area contributed by atoms with Gasteiger partial charge in [0.05, 0.1) is 5.71 Å². The Hall–Kier alpha value is -3.69. The molecule has 2 unspecified atom stereocenters. The van der Waals surface area contributed by atoms with Gasteiger partial charge >= 0.3 is 5.97 Å². The molecule has 0 spiro atoms. The molecule has 39 heavy (non-hydrogen) atoms. The second kappa shape index (κ2) is 12.4. The number of aromatic nitrogens is 2. The second-order valence-corrected chi connectivity index (χ2v) is 10.4. The highest BCUT2D eigenvalue weighted by Crippen LogP contribution is 2.56. The minimum absolute atomic E-state index is 0.0973. The Kier molecular flexibility index (Phi) is 9.53. The van der Waals surface area contributed by atoms with Crippen LogP contribution in [0.3, 0.4) is 0 Å². The van der Waals surface area contributed by atoms with Crippen molar-refractivity contribution < 1.29 is 23.5 Å². The van der Waals surface area contributed by atoms with Gasteiger partial charge in [-0.2, -0.15) is 0 Å². The molecule has 0 aromatic carbocycles. The third kappa shape index (κ3) is 7.25. The van der Waals surface area contributed by atoms with Gasteiger partial charge in [-0.25, -0.2) is 23.7 Å². The Morgan fingerprint density at radius 1 is 1.18 bits per heavy atom. The van der Waals surface area contributed by atoms with Crippen LogP contribution >= 0.6 is 0 Å². The van der Waals surface area contributed by atoms with Crippen molar-refractivity contribution >= 4 is 23.5 Å². The van der Waals surface area contributed by atoms with E-state index in [1.165, 1.54) is 25.3 Å². The summed E-state index contributed by atoms with van der Waals surface area (Å²) < 4.78 is 27.5. The van der Waals surface area contributed by atoms with Crippen molar-refractivity contribution in [1.82, 2.24) is 9.97 Å². The van der Waals surface area contributed by atoms with Crippen LogP contribution in [0.5, 0.6) is 0 Å². The molecule has 3 rings (SSSR count). The molecule has 1 aromatic rings. The molecule has 8 nitrogen and oxygen atoms in total. The van der Waals surface area contributed by atoms with Crippen LogP contribution in [0.2, 0.25) is 0 Å². The van der Waals surface area contributed by atoms with Gasteiger partial charge in [0.15, 0.2) is 0 Å². The van der Waals surface area contributed by atoms with Crippen molar-refractivity contribution in [2.24, 2.45) is 22.6 Å². The number of aliphatic imine (C=N–C) groups is 1. The Balaban J connectivity index is 1.74. The van der Waals surface area contributed by atoms with E-state index in [1.54, 1.807) is 26.1 Å². The molecule has 1 heterocycles. The Bertz CT molecular complexity index is 1260. The minimum atomic E-state index is -3.60. The first-order chi connectivity index (χ1) is 18.3. The smallest absolute Gasteiger partial charge is 0.313 e. The van der Waals surface area contributed by atoms with E-state index in [0.717, 1.165) is 35.3 Å². The molecule has 2 fully saturated rings. The van der Waals surface area contributed by atoms with Gasteiger partial charge in [0.1, 0.15) is 11.8 Å². The predicted octanol–water partition coefficient (Wildman–Crippen LogP) is 5.57. The number of anilines is 1. The number of amides is 1. The van der Waals surface area contributed by atoms with Gasteiger partial charge < -0.3 is 16.2 Å². The molecule has 210 valence electrons. The van der Waals surface area contributed by atoms with Crippen LogP contribution in [0, 0.1) is 11.8 Å². The number of carbonyl (C=O) groups excluding carboxylic acids is 1. The summed E-state index contributed by atoms with van der Waals surface area (Å²) in [7, 11) is 0. The molecule has 2 aliphatic rings. The zero-order valence-corrected chi connectivity index (χ0v) is 22.9. The van der Waals surface area contributed by atoms with Crippen LogP contribution in [0.15, 0.2) is 64.0 Å². The number of carbonyl (C=O) groups is 2. The molecule has 2 aliphatic carbocycles. The molecule has 0 radical (unpaired) electrons. The molecule has 4 N–H and O–H groups in total. The Morgan fingerprint density at radius 2 is 1.85 bits per heavy atom. The predicted molar refractivity (Wildman–Crippen MR) is 148 cm³/mol. The van der Waals surface area contributed by atoms with Crippen LogP contribution < -0.4 is 11.1 Å². The lowest BCUT2D eigenvalue weighted by molar-refractivity contribution is -0.141. The summed E-state index contributed by atoms with van der Waals surface area (Å²) in [6.07, 6.45) is 11.0. The summed E-state index contributed by atoms with van der Waals surface area (Å²) in [6.45, 7) is 11.3. The van der Waals surface area contributed by atoms with Crippen LogP contribution in [-0.2, 0) is 9.59 Å². The SMILES string of the molecule is C=C(C)C(\C=C/C(C)=C(C)\C(CNc1nccc(C2CCCCC2)n1)=C(\C)N)=NC(=O)C1C(C(=O)O)C1(F)F. The molecule has 2 saturated carbocycles. The van der Waals surface area contributed by atoms with E-state index in [1.807, 2.05) is 19.9 Å². The van der Waals surface area contributed by atoms with E-state index in [-0.39, 0.29) is 5.71 Å². The average molecular weight is 542 g/mol. The number of alkyl halides is 2. The van der Waals surface area contributed by atoms with Crippen molar-refractivity contribution in [1.29, 1.82) is 0 Å². The maximum absolute atomic E-state index is 13.8. The van der Waals surface area contributed by atoms with Crippen LogP contribution in [-0.4, -0.2) is 45.1 Å². The summed E-state index contributed by atoms with van der Waals surface area (Å²) >= 11 is 0. The van der Waals surface area contributed by atoms with Crippen molar-refractivity contribution in [3.8, 4) is 0 Å². The number of carboxylic acid groups (broad SMARTS) is 1. The van der Waals surface area contributed by atoms with Crippen LogP contribution in [0.25, 0.3) is 0 Å². The lowest BCUT2D eigenvalue weighted by Crippen LogP contribution is -2.15. The lowest BCUT2D eigenvalue weighted by atomic mass is 9.87. The zero-order chi connectivity index (χ0) is 28.9. The summed E-state index contributed by atoms with van der Waals surface area (Å²) in [5, 5.41) is 12.2. The number of rotatable bonds is 10. The third-order valence-electron chi connectivity index (χ3n) is 7.39. The van der Waals surface area contributed by atoms with Crippen LogP contribution in [0.4, 0.5) is 14.7 Å². The summed E-state index contributed by atoms with van der Waals surface area (Å²) in [4.78, 5) is 36.2. The summed E-state index contributed by atoms with van der Waals surface area (Å²) in [5.41, 5.74) is 10.8. The number of nitrogens with zero attached hydrogens (tertiary/aromatic N) is 3. The third-order valence-corrected chi connectivity index (χ3v) is 7.39. The fourth-order valence-electron chi connectivity index (χ4n) is 4.79. The van der Waals surface area contributed by atoms with Gasteiger partial charge in [0.25, 0.3) is 11.8 Å². The quantitative estimate of drug-likeness (QED) is 0.261. The van der Waals surface area contributed by atoms with E-state index in [0.29, 0.717) is 29.7 Å². The molecule has 1 amide bonds. The number of allylic oxidation sites excluding steroid dienone is 5. The fraction of sp³-hybridized carbons (Fsp3) is 0.483. The largest absolute Gasteiger partial charge is 0.481 e. The van der Waals surface area contributed by atoms with Crippen molar-refractivity contribution in [3.63, 3.8) is 0 Å². The average Bonchev–Trinajstić information content (AvgIpc) is 3.48. The minimum Gasteiger partial charge on any atom is -0.481 e. The molecule has 2 atom stereocenters.